The standard InChI is InChI=1S/C12H15N3O/c1-10(2)7-8-16-9-15-12-6-4-3-5-11(12)13-14-15/h3-7H,8-9H2,1-2H3. The van der Waals surface area contributed by atoms with Gasteiger partial charge in [-0.15, -0.1) is 5.10 Å². The van der Waals surface area contributed by atoms with E-state index in [0.717, 1.165) is 11.0 Å². The van der Waals surface area contributed by atoms with Crippen LogP contribution in [-0.2, 0) is 11.5 Å². The first-order chi connectivity index (χ1) is 7.77. The van der Waals surface area contributed by atoms with Gasteiger partial charge in [-0.2, -0.15) is 0 Å². The van der Waals surface area contributed by atoms with Gasteiger partial charge in [0.25, 0.3) is 0 Å². The van der Waals surface area contributed by atoms with Crippen molar-refractivity contribution in [1.29, 1.82) is 0 Å². The van der Waals surface area contributed by atoms with Crippen LogP contribution in [0.3, 0.4) is 0 Å². The van der Waals surface area contributed by atoms with Crippen LogP contribution in [0.4, 0.5) is 0 Å². The van der Waals surface area contributed by atoms with Crippen molar-refractivity contribution in [2.75, 3.05) is 6.61 Å². The van der Waals surface area contributed by atoms with Crippen molar-refractivity contribution in [3.8, 4) is 0 Å². The fraction of sp³-hybridized carbons (Fsp3) is 0.333. The summed E-state index contributed by atoms with van der Waals surface area (Å²) in [5.74, 6) is 0. The van der Waals surface area contributed by atoms with Crippen LogP contribution in [0, 0.1) is 0 Å². The Labute approximate surface area is 94.5 Å². The molecule has 0 aliphatic heterocycles. The molecule has 84 valence electrons. The summed E-state index contributed by atoms with van der Waals surface area (Å²) in [6.45, 7) is 5.14. The van der Waals surface area contributed by atoms with E-state index in [1.54, 1.807) is 4.68 Å². The summed E-state index contributed by atoms with van der Waals surface area (Å²) < 4.78 is 7.24. The molecule has 0 saturated heterocycles. The van der Waals surface area contributed by atoms with Crippen molar-refractivity contribution in [1.82, 2.24) is 15.0 Å². The minimum Gasteiger partial charge on any atom is -0.355 e. The highest BCUT2D eigenvalue weighted by molar-refractivity contribution is 5.73. The number of aromatic nitrogens is 3. The quantitative estimate of drug-likeness (QED) is 0.583. The molecule has 2 aromatic rings. The topological polar surface area (TPSA) is 39.9 Å². The van der Waals surface area contributed by atoms with Gasteiger partial charge in [0.2, 0.25) is 0 Å². The Hall–Kier alpha value is -1.68. The molecule has 0 spiro atoms. The first-order valence-electron chi connectivity index (χ1n) is 5.27. The highest BCUT2D eigenvalue weighted by Crippen LogP contribution is 2.09. The van der Waals surface area contributed by atoms with Gasteiger partial charge in [-0.1, -0.05) is 29.0 Å². The zero-order chi connectivity index (χ0) is 11.4. The predicted molar refractivity (Wildman–Crippen MR) is 62.9 cm³/mol. The average molecular weight is 217 g/mol. The van der Waals surface area contributed by atoms with Crippen LogP contribution in [0.25, 0.3) is 11.0 Å². The second-order valence-electron chi connectivity index (χ2n) is 3.86. The molecule has 1 heterocycles. The van der Waals surface area contributed by atoms with Crippen molar-refractivity contribution < 1.29 is 4.74 Å². The number of fused-ring (bicyclic) bond motifs is 1. The summed E-state index contributed by atoms with van der Waals surface area (Å²) >= 11 is 0. The van der Waals surface area contributed by atoms with E-state index in [9.17, 15) is 0 Å². The average Bonchev–Trinajstić information content (AvgIpc) is 2.68. The fourth-order valence-corrected chi connectivity index (χ4v) is 1.38. The zero-order valence-corrected chi connectivity index (χ0v) is 9.55. The van der Waals surface area contributed by atoms with Gasteiger partial charge in [0.05, 0.1) is 12.1 Å². The lowest BCUT2D eigenvalue weighted by atomic mass is 10.3. The van der Waals surface area contributed by atoms with E-state index in [4.69, 9.17) is 4.74 Å². The second-order valence-corrected chi connectivity index (χ2v) is 3.86. The Morgan fingerprint density at radius 2 is 2.19 bits per heavy atom. The highest BCUT2D eigenvalue weighted by Gasteiger charge is 2.01. The molecule has 0 amide bonds. The lowest BCUT2D eigenvalue weighted by Crippen LogP contribution is -2.04. The SMILES string of the molecule is CC(C)=CCOCn1nnc2ccccc21. The summed E-state index contributed by atoms with van der Waals surface area (Å²) in [4.78, 5) is 0. The molecule has 2 rings (SSSR count). The third-order valence-electron chi connectivity index (χ3n) is 2.24. The first-order valence-corrected chi connectivity index (χ1v) is 5.27. The second kappa shape index (κ2) is 4.90. The van der Waals surface area contributed by atoms with Gasteiger partial charge < -0.3 is 4.74 Å². The number of nitrogens with zero attached hydrogens (tertiary/aromatic N) is 3. The number of rotatable bonds is 4. The smallest absolute Gasteiger partial charge is 0.142 e. The molecule has 0 fully saturated rings. The Morgan fingerprint density at radius 3 is 3.00 bits per heavy atom. The normalized spacial score (nSPS) is 10.6. The van der Waals surface area contributed by atoms with E-state index in [-0.39, 0.29) is 0 Å². The molecular formula is C12H15N3O. The van der Waals surface area contributed by atoms with Crippen LogP contribution in [0.5, 0.6) is 0 Å². The van der Waals surface area contributed by atoms with Crippen molar-refractivity contribution in [3.63, 3.8) is 0 Å². The van der Waals surface area contributed by atoms with E-state index >= 15 is 0 Å². The molecule has 0 aliphatic rings. The summed E-state index contributed by atoms with van der Waals surface area (Å²) in [5, 5.41) is 8.08. The Kier molecular flexibility index (Phi) is 3.31. The number of hydrogen-bond donors (Lipinski definition) is 0. The largest absolute Gasteiger partial charge is 0.355 e. The minimum atomic E-state index is 0.435. The van der Waals surface area contributed by atoms with Gasteiger partial charge in [0, 0.05) is 0 Å². The number of para-hydroxylation sites is 1. The van der Waals surface area contributed by atoms with E-state index in [2.05, 4.69) is 10.3 Å². The molecule has 0 atom stereocenters. The maximum atomic E-state index is 5.48. The van der Waals surface area contributed by atoms with Crippen LogP contribution in [0.1, 0.15) is 13.8 Å². The molecule has 0 saturated carbocycles. The molecule has 1 aromatic carbocycles. The summed E-state index contributed by atoms with van der Waals surface area (Å²) in [7, 11) is 0. The molecule has 16 heavy (non-hydrogen) atoms. The van der Waals surface area contributed by atoms with E-state index in [1.165, 1.54) is 5.57 Å². The van der Waals surface area contributed by atoms with Crippen LogP contribution < -0.4 is 0 Å². The Morgan fingerprint density at radius 1 is 1.38 bits per heavy atom. The molecular weight excluding hydrogens is 202 g/mol. The van der Waals surface area contributed by atoms with Gasteiger partial charge >= 0.3 is 0 Å². The van der Waals surface area contributed by atoms with E-state index in [1.807, 2.05) is 44.2 Å². The molecule has 0 N–H and O–H groups in total. The van der Waals surface area contributed by atoms with Crippen LogP contribution >= 0.6 is 0 Å². The number of hydrogen-bond acceptors (Lipinski definition) is 3. The minimum absolute atomic E-state index is 0.435. The van der Waals surface area contributed by atoms with E-state index in [0.29, 0.717) is 13.3 Å². The Bertz CT molecular complexity index is 498. The monoisotopic (exact) mass is 217 g/mol. The maximum Gasteiger partial charge on any atom is 0.142 e. The van der Waals surface area contributed by atoms with Crippen molar-refractivity contribution in [2.24, 2.45) is 0 Å². The van der Waals surface area contributed by atoms with Crippen LogP contribution in [0.2, 0.25) is 0 Å². The third-order valence-corrected chi connectivity index (χ3v) is 2.24. The molecule has 4 heteroatoms. The van der Waals surface area contributed by atoms with Crippen LogP contribution in [0.15, 0.2) is 35.9 Å². The number of benzene rings is 1. The molecule has 0 bridgehead atoms. The van der Waals surface area contributed by atoms with E-state index < -0.39 is 0 Å². The van der Waals surface area contributed by atoms with Crippen molar-refractivity contribution in [3.05, 3.63) is 35.9 Å². The van der Waals surface area contributed by atoms with Gasteiger partial charge in [-0.3, -0.25) is 0 Å². The predicted octanol–water partition coefficient (Wildman–Crippen LogP) is 2.37. The lowest BCUT2D eigenvalue weighted by molar-refractivity contribution is 0.0924. The molecule has 1 aromatic heterocycles. The van der Waals surface area contributed by atoms with Crippen molar-refractivity contribution in [2.45, 2.75) is 20.6 Å². The molecule has 0 unspecified atom stereocenters. The molecule has 0 aliphatic carbocycles. The number of ether oxygens (including phenoxy) is 1. The summed E-state index contributed by atoms with van der Waals surface area (Å²) in [5.41, 5.74) is 3.15. The highest BCUT2D eigenvalue weighted by atomic mass is 16.5. The third kappa shape index (κ3) is 2.46. The van der Waals surface area contributed by atoms with Gasteiger partial charge in [-0.25, -0.2) is 4.68 Å². The summed E-state index contributed by atoms with van der Waals surface area (Å²) in [6.07, 6.45) is 2.04. The van der Waals surface area contributed by atoms with Gasteiger partial charge in [0.15, 0.2) is 0 Å². The van der Waals surface area contributed by atoms with Gasteiger partial charge in [0.1, 0.15) is 12.2 Å². The first kappa shape index (κ1) is 10.8. The zero-order valence-electron chi connectivity index (χ0n) is 9.55. The fourth-order valence-electron chi connectivity index (χ4n) is 1.38. The maximum absolute atomic E-state index is 5.48. The number of allylic oxidation sites excluding steroid dienone is 1. The lowest BCUT2D eigenvalue weighted by Gasteiger charge is -2.02. The molecule has 4 nitrogen and oxygen atoms in total. The van der Waals surface area contributed by atoms with Crippen LogP contribution in [-0.4, -0.2) is 21.6 Å². The summed E-state index contributed by atoms with van der Waals surface area (Å²) in [6, 6.07) is 7.85. The molecule has 0 radical (unpaired) electrons. The Balaban J connectivity index is 2.02. The van der Waals surface area contributed by atoms with Crippen molar-refractivity contribution >= 4 is 11.0 Å². The van der Waals surface area contributed by atoms with Gasteiger partial charge in [-0.05, 0) is 26.0 Å².